The Balaban J connectivity index is 3.98. The predicted molar refractivity (Wildman–Crippen MR) is 42.2 cm³/mol. The summed E-state index contributed by atoms with van der Waals surface area (Å²) >= 11 is 0. The van der Waals surface area contributed by atoms with Gasteiger partial charge in [-0.05, 0) is 0 Å². The molecule has 0 atom stereocenters. The Morgan fingerprint density at radius 2 is 1.85 bits per heavy atom. The van der Waals surface area contributed by atoms with Crippen molar-refractivity contribution in [2.45, 2.75) is 20.8 Å². The molecule has 0 fully saturated rings. The van der Waals surface area contributed by atoms with E-state index in [-0.39, 0.29) is 0 Å². The van der Waals surface area contributed by atoms with Gasteiger partial charge in [0.1, 0.15) is 0 Å². The van der Waals surface area contributed by atoms with Gasteiger partial charge < -0.3 is 9.47 Å². The first kappa shape index (κ1) is 11.6. The lowest BCUT2D eigenvalue weighted by Crippen LogP contribution is -2.30. The van der Waals surface area contributed by atoms with Gasteiger partial charge in [-0.25, -0.2) is 9.59 Å². The summed E-state index contributed by atoms with van der Waals surface area (Å²) in [6.07, 6.45) is 0. The highest BCUT2D eigenvalue weighted by Gasteiger charge is 2.29. The monoisotopic (exact) mass is 187 g/mol. The van der Waals surface area contributed by atoms with E-state index in [1.807, 2.05) is 0 Å². The Morgan fingerprint density at radius 3 is 2.23 bits per heavy atom. The summed E-state index contributed by atoms with van der Waals surface area (Å²) in [4.78, 5) is 31.5. The van der Waals surface area contributed by atoms with Crippen molar-refractivity contribution in [2.75, 3.05) is 6.79 Å². The largest absolute Gasteiger partial charge is 0.422 e. The molecule has 1 radical (unpaired) electrons. The molecule has 0 saturated heterocycles. The highest BCUT2D eigenvalue weighted by Crippen LogP contribution is 2.14. The van der Waals surface area contributed by atoms with Crippen molar-refractivity contribution in [2.24, 2.45) is 5.41 Å². The quantitative estimate of drug-likeness (QED) is 0.272. The van der Waals surface area contributed by atoms with E-state index in [2.05, 4.69) is 9.47 Å². The zero-order valence-electron chi connectivity index (χ0n) is 7.75. The van der Waals surface area contributed by atoms with Gasteiger partial charge >= 0.3 is 12.4 Å². The average Bonchev–Trinajstić information content (AvgIpc) is 2.01. The first-order chi connectivity index (χ1) is 5.89. The summed E-state index contributed by atoms with van der Waals surface area (Å²) in [7, 11) is 0. The molecule has 0 aliphatic carbocycles. The molecule has 5 nitrogen and oxygen atoms in total. The zero-order valence-corrected chi connectivity index (χ0v) is 7.75. The maximum atomic E-state index is 11.1. The van der Waals surface area contributed by atoms with Gasteiger partial charge in [0.05, 0.1) is 0 Å². The van der Waals surface area contributed by atoms with Gasteiger partial charge in [-0.3, -0.25) is 4.79 Å². The third-order valence-electron chi connectivity index (χ3n) is 1.17. The van der Waals surface area contributed by atoms with Gasteiger partial charge in [-0.1, -0.05) is 20.8 Å². The van der Waals surface area contributed by atoms with E-state index in [0.717, 1.165) is 6.47 Å². The maximum absolute atomic E-state index is 11.1. The molecule has 5 heteroatoms. The summed E-state index contributed by atoms with van der Waals surface area (Å²) in [6, 6.07) is 0. The van der Waals surface area contributed by atoms with Crippen LogP contribution in [0.15, 0.2) is 0 Å². The Kier molecular flexibility index (Phi) is 4.10. The number of rotatable bonds is 4. The van der Waals surface area contributed by atoms with E-state index in [0.29, 0.717) is 0 Å². The molecule has 13 heavy (non-hydrogen) atoms. The maximum Gasteiger partial charge on any atom is 0.420 e. The fraction of sp³-hybridized carbons (Fsp3) is 0.625. The highest BCUT2D eigenvalue weighted by molar-refractivity contribution is 6.35. The zero-order chi connectivity index (χ0) is 10.5. The number of esters is 1. The minimum atomic E-state index is -1.01. The van der Waals surface area contributed by atoms with Crippen molar-refractivity contribution in [1.82, 2.24) is 0 Å². The third-order valence-corrected chi connectivity index (χ3v) is 1.17. The summed E-state index contributed by atoms with van der Waals surface area (Å²) in [5.74, 6) is -1.68. The van der Waals surface area contributed by atoms with Crippen molar-refractivity contribution in [3.05, 3.63) is 0 Å². The number of hydrogen-bond acceptors (Lipinski definition) is 5. The van der Waals surface area contributed by atoms with Crippen molar-refractivity contribution in [3.63, 3.8) is 0 Å². The third kappa shape index (κ3) is 4.25. The van der Waals surface area contributed by atoms with E-state index < -0.39 is 24.0 Å². The number of ketones is 1. The van der Waals surface area contributed by atoms with Crippen molar-refractivity contribution < 1.29 is 23.9 Å². The second-order valence-electron chi connectivity index (χ2n) is 3.36. The number of Topliss-reactive ketones (excluding diaryl/α,β-unsaturated/α-hetero) is 1. The number of hydrogen-bond donors (Lipinski definition) is 0. The van der Waals surface area contributed by atoms with Crippen LogP contribution >= 0.6 is 0 Å². The van der Waals surface area contributed by atoms with E-state index in [1.54, 1.807) is 20.8 Å². The van der Waals surface area contributed by atoms with Gasteiger partial charge in [0.2, 0.25) is 12.6 Å². The molecule has 0 amide bonds. The van der Waals surface area contributed by atoms with Crippen LogP contribution < -0.4 is 0 Å². The predicted octanol–water partition coefficient (Wildman–Crippen LogP) is 0.186. The second-order valence-corrected chi connectivity index (χ2v) is 3.36. The molecule has 0 spiro atoms. The molecular formula is C8H11O5. The van der Waals surface area contributed by atoms with E-state index >= 15 is 0 Å². The molecule has 0 aromatic carbocycles. The van der Waals surface area contributed by atoms with Crippen molar-refractivity contribution >= 4 is 18.2 Å². The molecular weight excluding hydrogens is 176 g/mol. The fourth-order valence-electron chi connectivity index (χ4n) is 0.479. The topological polar surface area (TPSA) is 69.7 Å². The highest BCUT2D eigenvalue weighted by atomic mass is 16.7. The van der Waals surface area contributed by atoms with Crippen molar-refractivity contribution in [3.8, 4) is 0 Å². The normalized spacial score (nSPS) is 10.4. The summed E-state index contributed by atoms with van der Waals surface area (Å²) in [5, 5.41) is 0. The Bertz CT molecular complexity index is 213. The molecule has 0 heterocycles. The van der Waals surface area contributed by atoms with Crippen LogP contribution in [0.4, 0.5) is 0 Å². The molecule has 0 aromatic rings. The first-order valence-electron chi connectivity index (χ1n) is 3.60. The molecule has 0 rings (SSSR count). The molecule has 0 bridgehead atoms. The van der Waals surface area contributed by atoms with Crippen LogP contribution in [-0.2, 0) is 23.9 Å². The van der Waals surface area contributed by atoms with E-state index in [9.17, 15) is 14.4 Å². The van der Waals surface area contributed by atoms with Crippen LogP contribution in [-0.4, -0.2) is 25.0 Å². The average molecular weight is 187 g/mol. The molecule has 0 unspecified atom stereocenters. The van der Waals surface area contributed by atoms with Crippen LogP contribution in [0, 0.1) is 5.41 Å². The molecule has 0 aromatic heterocycles. The standard InChI is InChI=1S/C8H11O5/c1-8(2,3)6(10)7(11)13-5-12-4-9/h5H2,1-3H3. The van der Waals surface area contributed by atoms with Gasteiger partial charge in [0.25, 0.3) is 0 Å². The van der Waals surface area contributed by atoms with Crippen LogP contribution in [0.1, 0.15) is 20.8 Å². The molecule has 73 valence electrons. The lowest BCUT2D eigenvalue weighted by atomic mass is 9.91. The Morgan fingerprint density at radius 1 is 1.31 bits per heavy atom. The smallest absolute Gasteiger partial charge is 0.420 e. The SMILES string of the molecule is CC(C)(C)C(=O)C(=O)OCO[C]=O. The molecule has 0 N–H and O–H groups in total. The number of carbonyl (C=O) groups excluding carboxylic acids is 3. The lowest BCUT2D eigenvalue weighted by molar-refractivity contribution is -0.162. The number of carbonyl (C=O) groups is 2. The molecule has 0 aliphatic heterocycles. The van der Waals surface area contributed by atoms with E-state index in [4.69, 9.17) is 0 Å². The van der Waals surface area contributed by atoms with E-state index in [1.165, 1.54) is 0 Å². The fourth-order valence-corrected chi connectivity index (χ4v) is 0.479. The number of ether oxygens (including phenoxy) is 2. The molecule has 0 aliphatic rings. The lowest BCUT2D eigenvalue weighted by Gasteiger charge is -2.14. The van der Waals surface area contributed by atoms with Crippen LogP contribution in [0.2, 0.25) is 0 Å². The van der Waals surface area contributed by atoms with Gasteiger partial charge in [0, 0.05) is 5.41 Å². The van der Waals surface area contributed by atoms with Gasteiger partial charge in [0.15, 0.2) is 0 Å². The minimum absolute atomic E-state index is 0.579. The second kappa shape index (κ2) is 4.59. The summed E-state index contributed by atoms with van der Waals surface area (Å²) < 4.78 is 8.26. The van der Waals surface area contributed by atoms with Crippen LogP contribution in [0.3, 0.4) is 0 Å². The minimum Gasteiger partial charge on any atom is -0.422 e. The van der Waals surface area contributed by atoms with Gasteiger partial charge in [-0.2, -0.15) is 0 Å². The summed E-state index contributed by atoms with van der Waals surface area (Å²) in [5.41, 5.74) is -0.790. The summed E-state index contributed by atoms with van der Waals surface area (Å²) in [6.45, 7) is 5.24. The Labute approximate surface area is 76.0 Å². The molecule has 0 saturated carbocycles. The van der Waals surface area contributed by atoms with Crippen LogP contribution in [0.5, 0.6) is 0 Å². The Hall–Kier alpha value is -1.39. The first-order valence-corrected chi connectivity index (χ1v) is 3.60. The van der Waals surface area contributed by atoms with Gasteiger partial charge in [-0.15, -0.1) is 0 Å². The van der Waals surface area contributed by atoms with Crippen LogP contribution in [0.25, 0.3) is 0 Å². The van der Waals surface area contributed by atoms with Crippen molar-refractivity contribution in [1.29, 1.82) is 0 Å².